The van der Waals surface area contributed by atoms with Crippen molar-refractivity contribution in [1.82, 2.24) is 15.2 Å². The molecule has 0 saturated carbocycles. The lowest BCUT2D eigenvalue weighted by molar-refractivity contribution is -0.146. The number of hydrogen-bond acceptors (Lipinski definition) is 5. The van der Waals surface area contributed by atoms with Crippen molar-refractivity contribution in [2.45, 2.75) is 70.4 Å². The Bertz CT molecular complexity index is 814. The summed E-state index contributed by atoms with van der Waals surface area (Å²) in [6, 6.07) is 3.31. The van der Waals surface area contributed by atoms with Crippen LogP contribution in [0, 0.1) is 11.4 Å². The number of ether oxygens (including phenoxy) is 1. The third kappa shape index (κ3) is 5.39. The summed E-state index contributed by atoms with van der Waals surface area (Å²) in [6.45, 7) is 5.55. The highest BCUT2D eigenvalue weighted by Gasteiger charge is 2.41. The summed E-state index contributed by atoms with van der Waals surface area (Å²) in [7, 11) is 0. The Morgan fingerprint density at radius 2 is 2.16 bits per heavy atom. The molecule has 3 aliphatic rings. The van der Waals surface area contributed by atoms with Gasteiger partial charge in [-0.3, -0.25) is 9.59 Å². The molecule has 3 aliphatic heterocycles. The molecule has 0 unspecified atom stereocenters. The van der Waals surface area contributed by atoms with Crippen molar-refractivity contribution in [3.8, 4) is 0 Å². The van der Waals surface area contributed by atoms with Crippen LogP contribution < -0.4 is 10.2 Å². The molecule has 4 rings (SSSR count). The monoisotopic (exact) mass is 446 g/mol. The van der Waals surface area contributed by atoms with Gasteiger partial charge in [0.1, 0.15) is 6.61 Å². The Labute approximate surface area is 189 Å². The van der Waals surface area contributed by atoms with Crippen LogP contribution in [0.2, 0.25) is 0 Å². The van der Waals surface area contributed by atoms with E-state index in [1.165, 1.54) is 18.7 Å². The van der Waals surface area contributed by atoms with Crippen LogP contribution in [-0.4, -0.2) is 66.6 Å². The van der Waals surface area contributed by atoms with Crippen LogP contribution in [0.15, 0.2) is 18.3 Å². The fraction of sp³-hybridized carbons (Fsp3) is 0.708. The zero-order valence-corrected chi connectivity index (χ0v) is 19.0. The normalized spacial score (nSPS) is 24.5. The predicted octanol–water partition coefficient (Wildman–Crippen LogP) is 2.89. The number of likely N-dealkylation sites (tertiary alicyclic amines) is 1. The van der Waals surface area contributed by atoms with Gasteiger partial charge in [0, 0.05) is 56.0 Å². The topological polar surface area (TPSA) is 74.8 Å². The van der Waals surface area contributed by atoms with Crippen molar-refractivity contribution in [1.29, 1.82) is 0 Å². The van der Waals surface area contributed by atoms with Crippen molar-refractivity contribution >= 4 is 17.5 Å². The average molecular weight is 447 g/mol. The van der Waals surface area contributed by atoms with E-state index in [0.29, 0.717) is 24.9 Å². The number of fused-ring (bicyclic) bond motifs is 1. The van der Waals surface area contributed by atoms with Gasteiger partial charge in [0.15, 0.2) is 0 Å². The molecular weight excluding hydrogens is 411 g/mol. The minimum Gasteiger partial charge on any atom is -0.370 e. The second-order valence-electron chi connectivity index (χ2n) is 9.66. The summed E-state index contributed by atoms with van der Waals surface area (Å²) in [6.07, 6.45) is 9.44. The number of carbonyl (C=O) groups is 2. The van der Waals surface area contributed by atoms with E-state index in [4.69, 9.17) is 4.74 Å². The van der Waals surface area contributed by atoms with Crippen LogP contribution in [-0.2, 0) is 14.3 Å². The van der Waals surface area contributed by atoms with Gasteiger partial charge in [-0.1, -0.05) is 26.2 Å². The van der Waals surface area contributed by atoms with Gasteiger partial charge < -0.3 is 19.9 Å². The van der Waals surface area contributed by atoms with E-state index in [0.717, 1.165) is 57.3 Å². The van der Waals surface area contributed by atoms with Crippen molar-refractivity contribution in [3.05, 3.63) is 24.3 Å². The molecule has 1 aromatic rings. The van der Waals surface area contributed by atoms with Gasteiger partial charge in [0.25, 0.3) is 0 Å². The van der Waals surface area contributed by atoms with Crippen molar-refractivity contribution < 1.29 is 18.7 Å². The highest BCUT2D eigenvalue weighted by atomic mass is 19.1. The Morgan fingerprint density at radius 1 is 1.31 bits per heavy atom. The van der Waals surface area contributed by atoms with Gasteiger partial charge in [-0.25, -0.2) is 4.98 Å². The fourth-order valence-electron chi connectivity index (χ4n) is 5.54. The molecule has 4 heterocycles. The van der Waals surface area contributed by atoms with Gasteiger partial charge in [0.2, 0.25) is 17.8 Å². The Hall–Kier alpha value is -2.22. The van der Waals surface area contributed by atoms with Crippen LogP contribution in [0.5, 0.6) is 0 Å². The zero-order chi connectivity index (χ0) is 22.6. The fourth-order valence-corrected chi connectivity index (χ4v) is 5.54. The third-order valence-electron chi connectivity index (χ3n) is 7.18. The van der Waals surface area contributed by atoms with E-state index >= 15 is 0 Å². The van der Waals surface area contributed by atoms with Crippen LogP contribution in [0.1, 0.15) is 58.3 Å². The van der Waals surface area contributed by atoms with Crippen LogP contribution >= 0.6 is 0 Å². The molecule has 8 heteroatoms. The molecule has 0 aromatic carbocycles. The summed E-state index contributed by atoms with van der Waals surface area (Å²) in [5.41, 5.74) is 1.22. The van der Waals surface area contributed by atoms with E-state index in [1.807, 2.05) is 11.0 Å². The molecule has 3 fully saturated rings. The van der Waals surface area contributed by atoms with Gasteiger partial charge in [-0.2, -0.15) is 4.39 Å². The van der Waals surface area contributed by atoms with E-state index in [-0.39, 0.29) is 30.6 Å². The zero-order valence-electron chi connectivity index (χ0n) is 19.0. The first-order valence-corrected chi connectivity index (χ1v) is 12.0. The highest BCUT2D eigenvalue weighted by Crippen LogP contribution is 2.42. The minimum atomic E-state index is -0.428. The van der Waals surface area contributed by atoms with Gasteiger partial charge >= 0.3 is 0 Å². The number of nitrogens with zero attached hydrogens (tertiary/aromatic N) is 3. The second kappa shape index (κ2) is 10.1. The maximum Gasteiger partial charge on any atom is 0.246 e. The van der Waals surface area contributed by atoms with E-state index in [2.05, 4.69) is 22.1 Å². The Kier molecular flexibility index (Phi) is 7.28. The maximum absolute atomic E-state index is 13.4. The standard InChI is InChI=1S/C24H35FN4O3/c1-2-9-24(16-29(17-24)18-7-11-26-21(25)13-18)10-5-3-4-6-23(31)28-12-8-20-19(14-28)27-22(30)15-32-20/h7,11,13,19-20H,2-6,8-10,12,14-17H2,1H3,(H,27,30)/t19-,20+/m1/s1. The number of pyridine rings is 1. The second-order valence-corrected chi connectivity index (χ2v) is 9.66. The number of hydrogen-bond donors (Lipinski definition) is 1. The molecule has 7 nitrogen and oxygen atoms in total. The van der Waals surface area contributed by atoms with Crippen molar-refractivity contribution in [2.24, 2.45) is 5.41 Å². The van der Waals surface area contributed by atoms with Crippen molar-refractivity contribution in [3.63, 3.8) is 0 Å². The molecule has 0 radical (unpaired) electrons. The summed E-state index contributed by atoms with van der Waals surface area (Å²) < 4.78 is 19.0. The number of anilines is 1. The molecule has 1 N–H and O–H groups in total. The molecule has 0 aliphatic carbocycles. The van der Waals surface area contributed by atoms with Gasteiger partial charge in [-0.15, -0.1) is 0 Å². The molecule has 1 aromatic heterocycles. The van der Waals surface area contributed by atoms with E-state index < -0.39 is 5.95 Å². The van der Waals surface area contributed by atoms with Crippen LogP contribution in [0.3, 0.4) is 0 Å². The molecule has 3 saturated heterocycles. The van der Waals surface area contributed by atoms with E-state index in [1.54, 1.807) is 0 Å². The number of aromatic nitrogens is 1. The lowest BCUT2D eigenvalue weighted by Crippen LogP contribution is -2.61. The smallest absolute Gasteiger partial charge is 0.246 e. The number of unbranched alkanes of at least 4 members (excludes halogenated alkanes) is 2. The number of carbonyl (C=O) groups excluding carboxylic acids is 2. The predicted molar refractivity (Wildman–Crippen MR) is 120 cm³/mol. The molecule has 2 atom stereocenters. The third-order valence-corrected chi connectivity index (χ3v) is 7.18. The number of piperidine rings is 1. The lowest BCUT2D eigenvalue weighted by Gasteiger charge is -2.52. The highest BCUT2D eigenvalue weighted by molar-refractivity contribution is 5.79. The summed E-state index contributed by atoms with van der Waals surface area (Å²) in [5, 5.41) is 2.95. The minimum absolute atomic E-state index is 0.0391. The number of halogens is 1. The van der Waals surface area contributed by atoms with Crippen molar-refractivity contribution in [2.75, 3.05) is 37.7 Å². The van der Waals surface area contributed by atoms with Gasteiger partial charge in [-0.05, 0) is 31.7 Å². The summed E-state index contributed by atoms with van der Waals surface area (Å²) in [4.78, 5) is 32.0. The number of nitrogens with one attached hydrogen (secondary N) is 1. The van der Waals surface area contributed by atoms with Gasteiger partial charge in [0.05, 0.1) is 12.1 Å². The maximum atomic E-state index is 13.4. The molecule has 176 valence electrons. The molecule has 32 heavy (non-hydrogen) atoms. The first-order chi connectivity index (χ1) is 15.5. The number of rotatable bonds is 9. The Morgan fingerprint density at radius 3 is 2.94 bits per heavy atom. The average Bonchev–Trinajstić information content (AvgIpc) is 2.75. The molecular formula is C24H35FN4O3. The van der Waals surface area contributed by atoms with Crippen LogP contribution in [0.4, 0.5) is 10.1 Å². The SMILES string of the molecule is CCCC1(CCCCCC(=O)N2CC[C@@H]3OCC(=O)N[C@@H]3C2)CN(c2ccnc(F)c2)C1. The van der Waals surface area contributed by atoms with Crippen LogP contribution in [0.25, 0.3) is 0 Å². The Balaban J connectivity index is 1.16. The molecule has 0 spiro atoms. The number of morpholine rings is 1. The molecule has 2 amide bonds. The lowest BCUT2D eigenvalue weighted by atomic mass is 9.72. The first-order valence-electron chi connectivity index (χ1n) is 12.0. The summed E-state index contributed by atoms with van der Waals surface area (Å²) >= 11 is 0. The molecule has 0 bridgehead atoms. The quantitative estimate of drug-likeness (QED) is 0.466. The first kappa shape index (κ1) is 23.0. The number of amides is 2. The largest absolute Gasteiger partial charge is 0.370 e. The summed E-state index contributed by atoms with van der Waals surface area (Å²) in [5.74, 6) is -0.339. The van der Waals surface area contributed by atoms with E-state index in [9.17, 15) is 14.0 Å².